The van der Waals surface area contributed by atoms with Crippen LogP contribution in [0.2, 0.25) is 0 Å². The van der Waals surface area contributed by atoms with Crippen molar-refractivity contribution < 1.29 is 4.79 Å². The first kappa shape index (κ1) is 13.8. The molecule has 0 aliphatic carbocycles. The molecule has 6 nitrogen and oxygen atoms in total. The second-order valence-electron chi connectivity index (χ2n) is 4.28. The van der Waals surface area contributed by atoms with E-state index in [4.69, 9.17) is 0 Å². The summed E-state index contributed by atoms with van der Waals surface area (Å²) < 4.78 is 4.44. The number of carbonyl (C=O) groups is 1. The van der Waals surface area contributed by atoms with Gasteiger partial charge in [-0.25, -0.2) is 0 Å². The standard InChI is InChI=1S/C12H16BrN5O/c1-10-3-6-18(16-10)9-12(19)14-4-2-5-17-8-11(13)7-15-17/h3,6-8H,2,4-5,9H2,1H3,(H,14,19). The van der Waals surface area contributed by atoms with Gasteiger partial charge in [0, 0.05) is 25.5 Å². The van der Waals surface area contributed by atoms with E-state index >= 15 is 0 Å². The number of rotatable bonds is 6. The predicted molar refractivity (Wildman–Crippen MR) is 74.5 cm³/mol. The normalized spacial score (nSPS) is 10.6. The first-order valence-corrected chi connectivity index (χ1v) is 6.87. The summed E-state index contributed by atoms with van der Waals surface area (Å²) in [5.74, 6) is -0.0234. The van der Waals surface area contributed by atoms with E-state index in [9.17, 15) is 4.79 Å². The van der Waals surface area contributed by atoms with Crippen LogP contribution in [0, 0.1) is 6.92 Å². The average molecular weight is 326 g/mol. The number of halogens is 1. The lowest BCUT2D eigenvalue weighted by Crippen LogP contribution is -2.29. The average Bonchev–Trinajstić information content (AvgIpc) is 2.94. The van der Waals surface area contributed by atoms with Crippen LogP contribution in [0.4, 0.5) is 0 Å². The maximum absolute atomic E-state index is 11.6. The maximum Gasteiger partial charge on any atom is 0.241 e. The van der Waals surface area contributed by atoms with E-state index in [1.165, 1.54) is 0 Å². The Morgan fingerprint density at radius 3 is 2.95 bits per heavy atom. The van der Waals surface area contributed by atoms with Crippen LogP contribution in [0.25, 0.3) is 0 Å². The monoisotopic (exact) mass is 325 g/mol. The Bertz CT molecular complexity index is 548. The van der Waals surface area contributed by atoms with Crippen molar-refractivity contribution in [2.75, 3.05) is 6.54 Å². The molecule has 2 heterocycles. The molecule has 0 atom stereocenters. The van der Waals surface area contributed by atoms with Gasteiger partial charge in [0.1, 0.15) is 6.54 Å². The highest BCUT2D eigenvalue weighted by molar-refractivity contribution is 9.10. The summed E-state index contributed by atoms with van der Waals surface area (Å²) in [6.45, 7) is 3.58. The summed E-state index contributed by atoms with van der Waals surface area (Å²) >= 11 is 3.34. The molecule has 2 rings (SSSR count). The van der Waals surface area contributed by atoms with Gasteiger partial charge in [-0.15, -0.1) is 0 Å². The minimum absolute atomic E-state index is 0.0234. The summed E-state index contributed by atoms with van der Waals surface area (Å²) in [6.07, 6.45) is 6.31. The summed E-state index contributed by atoms with van der Waals surface area (Å²) in [7, 11) is 0. The molecule has 7 heteroatoms. The Morgan fingerprint density at radius 1 is 1.47 bits per heavy atom. The van der Waals surface area contributed by atoms with Crippen LogP contribution in [0.15, 0.2) is 29.1 Å². The molecule has 0 radical (unpaired) electrons. The molecule has 1 N–H and O–H groups in total. The SMILES string of the molecule is Cc1ccn(CC(=O)NCCCn2cc(Br)cn2)n1. The third kappa shape index (κ3) is 4.51. The van der Waals surface area contributed by atoms with E-state index in [1.54, 1.807) is 17.1 Å². The lowest BCUT2D eigenvalue weighted by atomic mass is 10.4. The smallest absolute Gasteiger partial charge is 0.241 e. The van der Waals surface area contributed by atoms with Crippen molar-refractivity contribution >= 4 is 21.8 Å². The molecule has 2 aromatic rings. The Balaban J connectivity index is 1.64. The number of nitrogens with one attached hydrogen (secondary N) is 1. The number of amides is 1. The highest BCUT2D eigenvalue weighted by Crippen LogP contribution is 2.06. The molecule has 2 aromatic heterocycles. The van der Waals surface area contributed by atoms with Crippen LogP contribution in [-0.4, -0.2) is 32.0 Å². The van der Waals surface area contributed by atoms with Crippen LogP contribution >= 0.6 is 15.9 Å². The topological polar surface area (TPSA) is 64.7 Å². The molecule has 0 spiro atoms. The number of aromatic nitrogens is 4. The highest BCUT2D eigenvalue weighted by Gasteiger charge is 2.03. The Morgan fingerprint density at radius 2 is 2.32 bits per heavy atom. The number of carbonyl (C=O) groups excluding carboxylic acids is 1. The molecule has 0 fully saturated rings. The van der Waals surface area contributed by atoms with Crippen LogP contribution < -0.4 is 5.32 Å². The molecule has 0 aliphatic rings. The fraction of sp³-hybridized carbons (Fsp3) is 0.417. The van der Waals surface area contributed by atoms with Crippen LogP contribution in [0.5, 0.6) is 0 Å². The van der Waals surface area contributed by atoms with Crippen molar-refractivity contribution in [2.45, 2.75) is 26.4 Å². The predicted octanol–water partition coefficient (Wildman–Crippen LogP) is 1.36. The van der Waals surface area contributed by atoms with Crippen molar-refractivity contribution in [2.24, 2.45) is 0 Å². The van der Waals surface area contributed by atoms with Gasteiger partial charge in [-0.2, -0.15) is 10.2 Å². The van der Waals surface area contributed by atoms with Gasteiger partial charge >= 0.3 is 0 Å². The minimum Gasteiger partial charge on any atom is -0.354 e. The third-order valence-corrected chi connectivity index (χ3v) is 2.98. The van der Waals surface area contributed by atoms with Gasteiger partial charge in [-0.3, -0.25) is 14.2 Å². The zero-order valence-corrected chi connectivity index (χ0v) is 12.3. The lowest BCUT2D eigenvalue weighted by Gasteiger charge is -2.05. The number of hydrogen-bond donors (Lipinski definition) is 1. The Hall–Kier alpha value is -1.63. The highest BCUT2D eigenvalue weighted by atomic mass is 79.9. The zero-order chi connectivity index (χ0) is 13.7. The van der Waals surface area contributed by atoms with Gasteiger partial charge in [0.15, 0.2) is 0 Å². The van der Waals surface area contributed by atoms with E-state index in [0.717, 1.165) is 23.1 Å². The van der Waals surface area contributed by atoms with E-state index < -0.39 is 0 Å². The lowest BCUT2D eigenvalue weighted by molar-refractivity contribution is -0.121. The van der Waals surface area contributed by atoms with Crippen LogP contribution in [-0.2, 0) is 17.9 Å². The first-order valence-electron chi connectivity index (χ1n) is 6.08. The number of hydrogen-bond acceptors (Lipinski definition) is 3. The Labute approximate surface area is 119 Å². The van der Waals surface area contributed by atoms with Crippen LogP contribution in [0.3, 0.4) is 0 Å². The fourth-order valence-electron chi connectivity index (χ4n) is 1.68. The number of nitrogens with zero attached hydrogens (tertiary/aromatic N) is 4. The van der Waals surface area contributed by atoms with E-state index in [2.05, 4.69) is 31.4 Å². The van der Waals surface area contributed by atoms with Crippen molar-refractivity contribution in [1.82, 2.24) is 24.9 Å². The van der Waals surface area contributed by atoms with Gasteiger partial charge in [0.25, 0.3) is 0 Å². The third-order valence-electron chi connectivity index (χ3n) is 2.57. The molecular weight excluding hydrogens is 310 g/mol. The fourth-order valence-corrected chi connectivity index (χ4v) is 2.01. The minimum atomic E-state index is -0.0234. The van der Waals surface area contributed by atoms with Gasteiger partial charge < -0.3 is 5.32 Å². The van der Waals surface area contributed by atoms with Crippen molar-refractivity contribution in [3.05, 3.63) is 34.8 Å². The summed E-state index contributed by atoms with van der Waals surface area (Å²) in [5.41, 5.74) is 0.914. The first-order chi connectivity index (χ1) is 9.13. The second kappa shape index (κ2) is 6.51. The van der Waals surface area contributed by atoms with Gasteiger partial charge in [-0.1, -0.05) is 0 Å². The maximum atomic E-state index is 11.6. The number of aryl methyl sites for hydroxylation is 2. The molecule has 0 unspecified atom stereocenters. The van der Waals surface area contributed by atoms with Crippen molar-refractivity contribution in [3.63, 3.8) is 0 Å². The van der Waals surface area contributed by atoms with Gasteiger partial charge in [-0.05, 0) is 35.3 Å². The molecule has 0 saturated heterocycles. The van der Waals surface area contributed by atoms with Crippen molar-refractivity contribution in [3.8, 4) is 0 Å². The molecule has 0 aromatic carbocycles. The van der Waals surface area contributed by atoms with Gasteiger partial charge in [0.05, 0.1) is 16.4 Å². The second-order valence-corrected chi connectivity index (χ2v) is 5.20. The van der Waals surface area contributed by atoms with Gasteiger partial charge in [0.2, 0.25) is 5.91 Å². The van der Waals surface area contributed by atoms with Crippen molar-refractivity contribution in [1.29, 1.82) is 0 Å². The molecule has 0 saturated carbocycles. The Kier molecular flexibility index (Phi) is 4.73. The van der Waals surface area contributed by atoms with E-state index in [-0.39, 0.29) is 12.5 Å². The summed E-state index contributed by atoms with van der Waals surface area (Å²) in [6, 6.07) is 1.88. The largest absolute Gasteiger partial charge is 0.354 e. The van der Waals surface area contributed by atoms with E-state index in [0.29, 0.717) is 6.54 Å². The summed E-state index contributed by atoms with van der Waals surface area (Å²) in [5, 5.41) is 11.2. The molecular formula is C12H16BrN5O. The molecule has 1 amide bonds. The molecule has 19 heavy (non-hydrogen) atoms. The molecule has 0 bridgehead atoms. The quantitative estimate of drug-likeness (QED) is 0.815. The molecule has 102 valence electrons. The zero-order valence-electron chi connectivity index (χ0n) is 10.7. The van der Waals surface area contributed by atoms with E-state index in [1.807, 2.05) is 23.9 Å². The molecule has 0 aliphatic heterocycles. The van der Waals surface area contributed by atoms with Crippen LogP contribution in [0.1, 0.15) is 12.1 Å². The summed E-state index contributed by atoms with van der Waals surface area (Å²) in [4.78, 5) is 11.6.